The van der Waals surface area contributed by atoms with E-state index in [1.165, 1.54) is 6.92 Å². The maximum atomic E-state index is 13.1. The van der Waals surface area contributed by atoms with Crippen LogP contribution in [0.4, 0.5) is 13.2 Å². The fourth-order valence-corrected chi connectivity index (χ4v) is 2.41. The van der Waals surface area contributed by atoms with Gasteiger partial charge in [-0.15, -0.1) is 0 Å². The highest BCUT2D eigenvalue weighted by Crippen LogP contribution is 2.27. The molecule has 2 unspecified atom stereocenters. The van der Waals surface area contributed by atoms with Crippen molar-refractivity contribution in [3.63, 3.8) is 0 Å². The molecule has 6 heteroatoms. The number of unbranched alkanes of at least 4 members (excludes halogenated alkanes) is 5. The van der Waals surface area contributed by atoms with E-state index in [0.717, 1.165) is 32.1 Å². The van der Waals surface area contributed by atoms with Crippen LogP contribution >= 0.6 is 0 Å². The molecule has 0 aliphatic rings. The summed E-state index contributed by atoms with van der Waals surface area (Å²) in [6.07, 6.45) is -2.54. The smallest absolute Gasteiger partial charge is 0.425 e. The summed E-state index contributed by atoms with van der Waals surface area (Å²) in [7, 11) is 0. The largest absolute Gasteiger partial charge is 0.456 e. The second-order valence-electron chi connectivity index (χ2n) is 6.05. The van der Waals surface area contributed by atoms with Crippen LogP contribution < -0.4 is 0 Å². The fraction of sp³-hybridized carbons (Fsp3) is 0.632. The predicted octanol–water partition coefficient (Wildman–Crippen LogP) is 5.60. The number of halogens is 3. The normalized spacial score (nSPS) is 14.1. The summed E-state index contributed by atoms with van der Waals surface area (Å²) in [6, 6.07) is 8.63. The lowest BCUT2D eigenvalue weighted by molar-refractivity contribution is -0.232. The molecule has 0 spiro atoms. The molecule has 0 fully saturated rings. The number of alkyl halides is 3. The van der Waals surface area contributed by atoms with Gasteiger partial charge in [-0.3, -0.25) is 0 Å². The van der Waals surface area contributed by atoms with E-state index in [1.54, 1.807) is 30.3 Å². The summed E-state index contributed by atoms with van der Waals surface area (Å²) in [6.45, 7) is 3.53. The first-order valence-corrected chi connectivity index (χ1v) is 8.80. The third-order valence-corrected chi connectivity index (χ3v) is 3.86. The molecule has 0 saturated heterocycles. The van der Waals surface area contributed by atoms with Gasteiger partial charge in [0.25, 0.3) is 6.10 Å². The van der Waals surface area contributed by atoms with Crippen molar-refractivity contribution in [3.8, 4) is 0 Å². The number of hydrogen-bond acceptors (Lipinski definition) is 3. The molecular weight excluding hydrogens is 333 g/mol. The lowest BCUT2D eigenvalue weighted by Gasteiger charge is -2.22. The molecule has 0 radical (unpaired) electrons. The van der Waals surface area contributed by atoms with Gasteiger partial charge >= 0.3 is 12.1 Å². The zero-order valence-electron chi connectivity index (χ0n) is 14.8. The van der Waals surface area contributed by atoms with Crippen LogP contribution in [0.5, 0.6) is 0 Å². The summed E-state index contributed by atoms with van der Waals surface area (Å²) in [5, 5.41) is 0. The van der Waals surface area contributed by atoms with Gasteiger partial charge in [0.1, 0.15) is 6.10 Å². The molecule has 0 amide bonds. The Morgan fingerprint density at radius 3 is 2.24 bits per heavy atom. The Morgan fingerprint density at radius 1 is 1.04 bits per heavy atom. The SMILES string of the molecule is CCCCCCCCOC(C(=O)OC(C)c1ccccc1)C(F)(F)F. The maximum absolute atomic E-state index is 13.1. The van der Waals surface area contributed by atoms with Crippen molar-refractivity contribution >= 4 is 5.97 Å². The van der Waals surface area contributed by atoms with Gasteiger partial charge in [-0.2, -0.15) is 13.2 Å². The van der Waals surface area contributed by atoms with Crippen molar-refractivity contribution in [1.29, 1.82) is 0 Å². The van der Waals surface area contributed by atoms with E-state index in [2.05, 4.69) is 6.92 Å². The Labute approximate surface area is 147 Å². The summed E-state index contributed by atoms with van der Waals surface area (Å²) in [5.41, 5.74) is 0.632. The van der Waals surface area contributed by atoms with E-state index in [4.69, 9.17) is 9.47 Å². The van der Waals surface area contributed by atoms with Crippen molar-refractivity contribution in [3.05, 3.63) is 35.9 Å². The van der Waals surface area contributed by atoms with Gasteiger partial charge < -0.3 is 9.47 Å². The highest BCUT2D eigenvalue weighted by atomic mass is 19.4. The molecule has 0 saturated carbocycles. The van der Waals surface area contributed by atoms with E-state index >= 15 is 0 Å². The number of esters is 1. The number of rotatable bonds is 11. The second-order valence-corrected chi connectivity index (χ2v) is 6.05. The zero-order chi connectivity index (χ0) is 18.7. The Kier molecular flexibility index (Phi) is 9.57. The van der Waals surface area contributed by atoms with Gasteiger partial charge in [0.15, 0.2) is 0 Å². The van der Waals surface area contributed by atoms with Crippen molar-refractivity contribution < 1.29 is 27.4 Å². The van der Waals surface area contributed by atoms with Crippen LogP contribution in [0.25, 0.3) is 0 Å². The van der Waals surface area contributed by atoms with Crippen molar-refractivity contribution in [1.82, 2.24) is 0 Å². The molecule has 0 heterocycles. The van der Waals surface area contributed by atoms with Crippen LogP contribution in [-0.2, 0) is 14.3 Å². The topological polar surface area (TPSA) is 35.5 Å². The quantitative estimate of drug-likeness (QED) is 0.381. The van der Waals surface area contributed by atoms with Gasteiger partial charge in [-0.05, 0) is 18.9 Å². The van der Waals surface area contributed by atoms with Crippen molar-refractivity contribution in [2.75, 3.05) is 6.61 Å². The fourth-order valence-electron chi connectivity index (χ4n) is 2.41. The molecule has 0 N–H and O–H groups in total. The molecule has 2 atom stereocenters. The van der Waals surface area contributed by atoms with Gasteiger partial charge in [0.05, 0.1) is 0 Å². The molecule has 25 heavy (non-hydrogen) atoms. The molecule has 1 rings (SSSR count). The molecule has 1 aromatic rings. The van der Waals surface area contributed by atoms with Crippen LogP contribution in [0.15, 0.2) is 30.3 Å². The highest BCUT2D eigenvalue weighted by Gasteiger charge is 2.47. The van der Waals surface area contributed by atoms with E-state index in [-0.39, 0.29) is 6.61 Å². The number of benzene rings is 1. The van der Waals surface area contributed by atoms with Gasteiger partial charge in [-0.25, -0.2) is 4.79 Å². The first-order valence-electron chi connectivity index (χ1n) is 8.80. The minimum Gasteiger partial charge on any atom is -0.456 e. The Balaban J connectivity index is 2.47. The molecule has 142 valence electrons. The summed E-state index contributed by atoms with van der Waals surface area (Å²) in [5.74, 6) is -1.39. The molecule has 0 aliphatic heterocycles. The number of ether oxygens (including phenoxy) is 2. The van der Waals surface area contributed by atoms with Crippen LogP contribution in [0, 0.1) is 0 Å². The molecule has 0 aromatic heterocycles. The predicted molar refractivity (Wildman–Crippen MR) is 90.1 cm³/mol. The second kappa shape index (κ2) is 11.1. The van der Waals surface area contributed by atoms with Crippen molar-refractivity contribution in [2.45, 2.75) is 70.8 Å². The Morgan fingerprint density at radius 2 is 1.64 bits per heavy atom. The first kappa shape index (κ1) is 21.5. The van der Waals surface area contributed by atoms with E-state index in [1.807, 2.05) is 0 Å². The number of carbonyl (C=O) groups is 1. The number of carbonyl (C=O) groups excluding carboxylic acids is 1. The average Bonchev–Trinajstić information content (AvgIpc) is 2.56. The Bertz CT molecular complexity index is 488. The van der Waals surface area contributed by atoms with Crippen molar-refractivity contribution in [2.24, 2.45) is 0 Å². The molecule has 1 aromatic carbocycles. The average molecular weight is 360 g/mol. The van der Waals surface area contributed by atoms with E-state index < -0.39 is 24.4 Å². The van der Waals surface area contributed by atoms with Gasteiger partial charge in [0.2, 0.25) is 0 Å². The standard InChI is InChI=1S/C19H27F3O3/c1-3-4-5-6-7-11-14-24-17(19(20,21)22)18(23)25-15(2)16-12-9-8-10-13-16/h8-10,12-13,15,17H,3-7,11,14H2,1-2H3. The molecule has 0 aliphatic carbocycles. The molecular formula is C19H27F3O3. The third-order valence-electron chi connectivity index (χ3n) is 3.86. The lowest BCUT2D eigenvalue weighted by atomic mass is 10.1. The van der Waals surface area contributed by atoms with Gasteiger partial charge in [0, 0.05) is 6.61 Å². The van der Waals surface area contributed by atoms with Crippen LogP contribution in [0.2, 0.25) is 0 Å². The summed E-state index contributed by atoms with van der Waals surface area (Å²) < 4.78 is 49.0. The lowest BCUT2D eigenvalue weighted by Crippen LogP contribution is -2.41. The molecule has 0 bridgehead atoms. The third kappa shape index (κ3) is 8.38. The van der Waals surface area contributed by atoms with E-state index in [9.17, 15) is 18.0 Å². The van der Waals surface area contributed by atoms with Crippen LogP contribution in [0.3, 0.4) is 0 Å². The minimum absolute atomic E-state index is 0.106. The number of hydrogen-bond donors (Lipinski definition) is 0. The highest BCUT2D eigenvalue weighted by molar-refractivity contribution is 5.76. The summed E-state index contributed by atoms with van der Waals surface area (Å²) >= 11 is 0. The first-order chi connectivity index (χ1) is 11.9. The van der Waals surface area contributed by atoms with Crippen LogP contribution in [-0.4, -0.2) is 24.9 Å². The zero-order valence-corrected chi connectivity index (χ0v) is 14.8. The van der Waals surface area contributed by atoms with E-state index in [0.29, 0.717) is 12.0 Å². The maximum Gasteiger partial charge on any atom is 0.425 e. The van der Waals surface area contributed by atoms with Gasteiger partial charge in [-0.1, -0.05) is 69.4 Å². The Hall–Kier alpha value is -1.56. The molecule has 3 nitrogen and oxygen atoms in total. The summed E-state index contributed by atoms with van der Waals surface area (Å²) in [4.78, 5) is 11.9. The monoisotopic (exact) mass is 360 g/mol. The van der Waals surface area contributed by atoms with Crippen LogP contribution in [0.1, 0.15) is 64.0 Å². The minimum atomic E-state index is -4.78.